The molecule has 0 heterocycles. The average molecular weight is 305 g/mol. The Labute approximate surface area is 132 Å². The molecule has 0 aromatic heterocycles. The minimum atomic E-state index is -0.644. The second-order valence-corrected chi connectivity index (χ2v) is 6.26. The second kappa shape index (κ2) is 8.30. The molecule has 22 heavy (non-hydrogen) atoms. The highest BCUT2D eigenvalue weighted by molar-refractivity contribution is 5.76. The topological polar surface area (TPSA) is 58.6 Å². The molecular weight excluding hydrogens is 278 g/mol. The van der Waals surface area contributed by atoms with Crippen molar-refractivity contribution < 1.29 is 14.6 Å². The van der Waals surface area contributed by atoms with Gasteiger partial charge in [0.15, 0.2) is 0 Å². The van der Waals surface area contributed by atoms with Gasteiger partial charge in [-0.05, 0) is 49.7 Å². The molecule has 1 aromatic rings. The van der Waals surface area contributed by atoms with Crippen LogP contribution in [-0.2, 0) is 9.53 Å². The van der Waals surface area contributed by atoms with E-state index in [2.05, 4.69) is 5.32 Å². The summed E-state index contributed by atoms with van der Waals surface area (Å²) in [6.45, 7) is 2.24. The Morgan fingerprint density at radius 1 is 1.32 bits per heavy atom. The van der Waals surface area contributed by atoms with Crippen molar-refractivity contribution in [2.45, 2.75) is 51.2 Å². The van der Waals surface area contributed by atoms with Gasteiger partial charge in [-0.15, -0.1) is 0 Å². The van der Waals surface area contributed by atoms with Crippen molar-refractivity contribution in [2.24, 2.45) is 5.92 Å². The molecule has 0 saturated heterocycles. The van der Waals surface area contributed by atoms with E-state index >= 15 is 0 Å². The van der Waals surface area contributed by atoms with Crippen molar-refractivity contribution in [1.82, 2.24) is 5.32 Å². The van der Waals surface area contributed by atoms with Crippen LogP contribution in [0, 0.1) is 12.8 Å². The van der Waals surface area contributed by atoms with E-state index in [1.54, 1.807) is 7.11 Å². The lowest BCUT2D eigenvalue weighted by atomic mass is 9.85. The molecule has 0 bridgehead atoms. The smallest absolute Gasteiger partial charge is 0.220 e. The fourth-order valence-corrected chi connectivity index (χ4v) is 3.19. The Morgan fingerprint density at radius 2 is 2.00 bits per heavy atom. The van der Waals surface area contributed by atoms with Crippen LogP contribution in [0.5, 0.6) is 0 Å². The lowest BCUT2D eigenvalue weighted by molar-refractivity contribution is -0.123. The first-order valence-corrected chi connectivity index (χ1v) is 8.13. The number of hydrogen-bond donors (Lipinski definition) is 2. The van der Waals surface area contributed by atoms with E-state index in [-0.39, 0.29) is 12.5 Å². The number of nitrogens with one attached hydrogen (secondary N) is 1. The van der Waals surface area contributed by atoms with Crippen LogP contribution in [0.1, 0.15) is 49.3 Å². The van der Waals surface area contributed by atoms with E-state index in [1.165, 1.54) is 0 Å². The molecule has 4 heteroatoms. The number of ether oxygens (including phenoxy) is 1. The number of aliphatic hydroxyl groups excluding tert-OH is 1. The van der Waals surface area contributed by atoms with Crippen LogP contribution < -0.4 is 5.32 Å². The summed E-state index contributed by atoms with van der Waals surface area (Å²) in [5.74, 6) is 0.482. The van der Waals surface area contributed by atoms with E-state index in [0.29, 0.717) is 18.4 Å². The second-order valence-electron chi connectivity index (χ2n) is 6.26. The van der Waals surface area contributed by atoms with Crippen molar-refractivity contribution in [2.75, 3.05) is 13.7 Å². The maximum Gasteiger partial charge on any atom is 0.220 e. The number of aliphatic hydroxyl groups is 1. The molecule has 1 aliphatic rings. The first-order valence-electron chi connectivity index (χ1n) is 8.13. The van der Waals surface area contributed by atoms with Gasteiger partial charge in [0.25, 0.3) is 0 Å². The van der Waals surface area contributed by atoms with Crippen LogP contribution in [-0.4, -0.2) is 30.8 Å². The van der Waals surface area contributed by atoms with E-state index in [9.17, 15) is 9.90 Å². The number of hydrogen-bond acceptors (Lipinski definition) is 3. The van der Waals surface area contributed by atoms with Crippen LogP contribution in [0.4, 0.5) is 0 Å². The predicted molar refractivity (Wildman–Crippen MR) is 86.5 cm³/mol. The number of amides is 1. The predicted octanol–water partition coefficient (Wildman–Crippen LogP) is 2.74. The minimum Gasteiger partial charge on any atom is -0.387 e. The molecule has 0 radical (unpaired) electrons. The van der Waals surface area contributed by atoms with Crippen molar-refractivity contribution in [3.63, 3.8) is 0 Å². The fourth-order valence-electron chi connectivity index (χ4n) is 3.19. The van der Waals surface area contributed by atoms with Gasteiger partial charge in [-0.1, -0.05) is 24.3 Å². The average Bonchev–Trinajstić information content (AvgIpc) is 2.54. The number of carbonyl (C=O) groups excluding carboxylic acids is 1. The minimum absolute atomic E-state index is 0.0356. The summed E-state index contributed by atoms with van der Waals surface area (Å²) in [5, 5.41) is 13.1. The summed E-state index contributed by atoms with van der Waals surface area (Å²) < 4.78 is 5.35. The number of aryl methyl sites for hydroxylation is 1. The Morgan fingerprint density at radius 3 is 2.64 bits per heavy atom. The quantitative estimate of drug-likeness (QED) is 0.849. The number of rotatable bonds is 6. The van der Waals surface area contributed by atoms with Gasteiger partial charge in [0.2, 0.25) is 5.91 Å². The monoisotopic (exact) mass is 305 g/mol. The van der Waals surface area contributed by atoms with Crippen LogP contribution in [0.2, 0.25) is 0 Å². The Hall–Kier alpha value is -1.39. The van der Waals surface area contributed by atoms with Crippen LogP contribution in [0.15, 0.2) is 24.3 Å². The molecule has 2 rings (SSSR count). The lowest BCUT2D eigenvalue weighted by Gasteiger charge is -2.27. The van der Waals surface area contributed by atoms with Crippen molar-refractivity contribution in [3.8, 4) is 0 Å². The number of carbonyl (C=O) groups is 1. The highest BCUT2D eigenvalue weighted by atomic mass is 16.5. The first kappa shape index (κ1) is 17.0. The fraction of sp³-hybridized carbons (Fsp3) is 0.611. The third kappa shape index (κ3) is 4.82. The number of methoxy groups -OCH3 is 1. The highest BCUT2D eigenvalue weighted by Gasteiger charge is 2.23. The Balaban J connectivity index is 1.73. The Kier molecular flexibility index (Phi) is 6.40. The summed E-state index contributed by atoms with van der Waals surface area (Å²) in [6.07, 6.45) is 4.45. The zero-order chi connectivity index (χ0) is 15.9. The first-order chi connectivity index (χ1) is 10.6. The summed E-state index contributed by atoms with van der Waals surface area (Å²) in [7, 11) is 1.75. The molecule has 1 unspecified atom stereocenters. The van der Waals surface area contributed by atoms with Gasteiger partial charge in [-0.25, -0.2) is 0 Å². The van der Waals surface area contributed by atoms with Crippen molar-refractivity contribution in [3.05, 3.63) is 35.4 Å². The van der Waals surface area contributed by atoms with Crippen molar-refractivity contribution >= 4 is 5.91 Å². The molecule has 1 aliphatic carbocycles. The zero-order valence-electron chi connectivity index (χ0n) is 13.5. The molecule has 4 nitrogen and oxygen atoms in total. The normalized spacial score (nSPS) is 23.0. The molecule has 0 aliphatic heterocycles. The third-order valence-electron chi connectivity index (χ3n) is 4.64. The van der Waals surface area contributed by atoms with E-state index in [0.717, 1.165) is 36.8 Å². The summed E-state index contributed by atoms with van der Waals surface area (Å²) >= 11 is 0. The van der Waals surface area contributed by atoms with Crippen LogP contribution in [0.25, 0.3) is 0 Å². The van der Waals surface area contributed by atoms with Gasteiger partial charge < -0.3 is 15.2 Å². The van der Waals surface area contributed by atoms with Gasteiger partial charge in [-0.2, -0.15) is 0 Å². The molecular formula is C18H27NO3. The third-order valence-corrected chi connectivity index (χ3v) is 4.64. The lowest BCUT2D eigenvalue weighted by Crippen LogP contribution is -2.31. The van der Waals surface area contributed by atoms with Gasteiger partial charge >= 0.3 is 0 Å². The zero-order valence-corrected chi connectivity index (χ0v) is 13.5. The largest absolute Gasteiger partial charge is 0.387 e. The van der Waals surface area contributed by atoms with Gasteiger partial charge in [-0.3, -0.25) is 4.79 Å². The summed E-state index contributed by atoms with van der Waals surface area (Å²) in [4.78, 5) is 12.0. The van der Waals surface area contributed by atoms with E-state index in [4.69, 9.17) is 4.74 Å². The highest BCUT2D eigenvalue weighted by Crippen LogP contribution is 2.28. The molecule has 122 valence electrons. The molecule has 1 aromatic carbocycles. The molecule has 0 spiro atoms. The van der Waals surface area contributed by atoms with Gasteiger partial charge in [0.1, 0.15) is 0 Å². The standard InChI is InChI=1S/C18H27NO3/c1-13-5-3-4-6-16(13)17(20)12-19-18(21)11-14-7-9-15(22-2)10-8-14/h3-6,14-15,17,20H,7-12H2,1-2H3,(H,19,21). The maximum atomic E-state index is 12.0. The van der Waals surface area contributed by atoms with E-state index in [1.807, 2.05) is 31.2 Å². The molecule has 1 amide bonds. The van der Waals surface area contributed by atoms with Crippen LogP contribution in [0.3, 0.4) is 0 Å². The summed E-state index contributed by atoms with van der Waals surface area (Å²) in [6, 6.07) is 7.72. The van der Waals surface area contributed by atoms with Crippen LogP contribution >= 0.6 is 0 Å². The van der Waals surface area contributed by atoms with Gasteiger partial charge in [0, 0.05) is 20.1 Å². The molecule has 2 N–H and O–H groups in total. The van der Waals surface area contributed by atoms with Crippen molar-refractivity contribution in [1.29, 1.82) is 0 Å². The molecule has 1 atom stereocenters. The Bertz CT molecular complexity index is 481. The molecule has 1 fully saturated rings. The van der Waals surface area contributed by atoms with E-state index < -0.39 is 6.10 Å². The van der Waals surface area contributed by atoms with Gasteiger partial charge in [0.05, 0.1) is 12.2 Å². The summed E-state index contributed by atoms with van der Waals surface area (Å²) in [5.41, 5.74) is 1.92. The molecule has 1 saturated carbocycles. The number of benzene rings is 1. The SMILES string of the molecule is COC1CCC(CC(=O)NCC(O)c2ccccc2C)CC1. The maximum absolute atomic E-state index is 12.0.